The second-order valence-electron chi connectivity index (χ2n) is 5.05. The van der Waals surface area contributed by atoms with Gasteiger partial charge in [0, 0.05) is 11.8 Å². The molecule has 2 N–H and O–H groups in total. The molecule has 1 amide bonds. The van der Waals surface area contributed by atoms with Crippen LogP contribution in [0.5, 0.6) is 11.5 Å². The molecule has 6 nitrogen and oxygen atoms in total. The van der Waals surface area contributed by atoms with Gasteiger partial charge in [0.2, 0.25) is 6.79 Å². The lowest BCUT2D eigenvalue weighted by Gasteiger charge is -2.06. The lowest BCUT2D eigenvalue weighted by molar-refractivity contribution is 0.102. The number of amides is 1. The van der Waals surface area contributed by atoms with Crippen LogP contribution in [0.15, 0.2) is 36.4 Å². The van der Waals surface area contributed by atoms with Gasteiger partial charge in [-0.25, -0.2) is 4.98 Å². The lowest BCUT2D eigenvalue weighted by Crippen LogP contribution is -2.12. The number of ether oxygens (including phenoxy) is 2. The topological polar surface area (TPSA) is 76.2 Å². The zero-order valence-electron chi connectivity index (χ0n) is 11.8. The molecule has 2 heterocycles. The van der Waals surface area contributed by atoms with Crippen LogP contribution >= 0.6 is 0 Å². The van der Waals surface area contributed by atoms with E-state index in [4.69, 9.17) is 9.47 Å². The Morgan fingerprint density at radius 3 is 3.00 bits per heavy atom. The molecule has 0 saturated heterocycles. The number of nitrogens with one attached hydrogen (secondary N) is 2. The number of hydrogen-bond donors (Lipinski definition) is 2. The summed E-state index contributed by atoms with van der Waals surface area (Å²) in [6.45, 7) is 2.07. The number of aromatic nitrogens is 2. The average molecular weight is 295 g/mol. The Kier molecular flexibility index (Phi) is 2.75. The molecule has 0 atom stereocenters. The maximum absolute atomic E-state index is 12.5. The van der Waals surface area contributed by atoms with E-state index in [2.05, 4.69) is 15.3 Å². The Balaban J connectivity index is 1.66. The molecule has 1 aliphatic rings. The molecule has 6 heteroatoms. The molecule has 0 fully saturated rings. The molecule has 1 aromatic heterocycles. The normalized spacial score (nSPS) is 12.6. The van der Waals surface area contributed by atoms with Crippen molar-refractivity contribution in [2.24, 2.45) is 0 Å². The fraction of sp³-hybridized carbons (Fsp3) is 0.125. The summed E-state index contributed by atoms with van der Waals surface area (Å²) in [5, 5.41) is 2.86. The highest BCUT2D eigenvalue weighted by Crippen LogP contribution is 2.34. The summed E-state index contributed by atoms with van der Waals surface area (Å²) >= 11 is 0. The number of hydrogen-bond acceptors (Lipinski definition) is 4. The summed E-state index contributed by atoms with van der Waals surface area (Å²) in [6, 6.07) is 10.8. The zero-order valence-corrected chi connectivity index (χ0v) is 11.8. The van der Waals surface area contributed by atoms with E-state index < -0.39 is 0 Å². The second kappa shape index (κ2) is 4.77. The van der Waals surface area contributed by atoms with Crippen molar-refractivity contribution >= 4 is 22.6 Å². The summed E-state index contributed by atoms with van der Waals surface area (Å²) in [5.74, 6) is 1.88. The van der Waals surface area contributed by atoms with Gasteiger partial charge in [0.25, 0.3) is 5.91 Å². The maximum atomic E-state index is 12.5. The van der Waals surface area contributed by atoms with E-state index >= 15 is 0 Å². The van der Waals surface area contributed by atoms with Gasteiger partial charge < -0.3 is 19.8 Å². The van der Waals surface area contributed by atoms with Crippen LogP contribution in [0, 0.1) is 6.92 Å². The van der Waals surface area contributed by atoms with Gasteiger partial charge in [-0.1, -0.05) is 6.07 Å². The van der Waals surface area contributed by atoms with Crippen LogP contribution < -0.4 is 14.8 Å². The highest BCUT2D eigenvalue weighted by Gasteiger charge is 2.16. The zero-order chi connectivity index (χ0) is 15.1. The fourth-order valence-electron chi connectivity index (χ4n) is 2.51. The summed E-state index contributed by atoms with van der Waals surface area (Å²) < 4.78 is 10.6. The number of rotatable bonds is 2. The summed E-state index contributed by atoms with van der Waals surface area (Å²) in [5.41, 5.74) is 2.69. The Morgan fingerprint density at radius 1 is 1.23 bits per heavy atom. The minimum atomic E-state index is -0.212. The monoisotopic (exact) mass is 295 g/mol. The van der Waals surface area contributed by atoms with Gasteiger partial charge in [-0.2, -0.15) is 0 Å². The van der Waals surface area contributed by atoms with Crippen molar-refractivity contribution in [3.05, 3.63) is 47.8 Å². The Morgan fingerprint density at radius 2 is 2.09 bits per heavy atom. The molecule has 0 saturated carbocycles. The van der Waals surface area contributed by atoms with Crippen molar-refractivity contribution < 1.29 is 14.3 Å². The van der Waals surface area contributed by atoms with Crippen molar-refractivity contribution in [1.29, 1.82) is 0 Å². The summed E-state index contributed by atoms with van der Waals surface area (Å²) in [7, 11) is 0. The lowest BCUT2D eigenvalue weighted by atomic mass is 10.1. The number of H-pyrrole nitrogens is 1. The maximum Gasteiger partial charge on any atom is 0.257 e. The predicted molar refractivity (Wildman–Crippen MR) is 81.3 cm³/mol. The molecule has 0 spiro atoms. The van der Waals surface area contributed by atoms with Gasteiger partial charge in [-0.3, -0.25) is 4.79 Å². The van der Waals surface area contributed by atoms with E-state index in [9.17, 15) is 4.79 Å². The SMILES string of the molecule is Cc1nc2c(C(=O)Nc3ccc4c(c3)OCO4)cccc2[nH]1. The van der Waals surface area contributed by atoms with Crippen LogP contribution in [-0.2, 0) is 0 Å². The number of imidazole rings is 1. The standard InChI is InChI=1S/C16H13N3O3/c1-9-17-12-4-2-3-11(15(12)18-9)16(20)19-10-5-6-13-14(7-10)22-8-21-13/h2-7H,8H2,1H3,(H,17,18)(H,19,20). The summed E-state index contributed by atoms with van der Waals surface area (Å²) in [6.07, 6.45) is 0. The minimum Gasteiger partial charge on any atom is -0.454 e. The number of aryl methyl sites for hydroxylation is 1. The van der Waals surface area contributed by atoms with Crippen molar-refractivity contribution in [1.82, 2.24) is 9.97 Å². The van der Waals surface area contributed by atoms with E-state index in [-0.39, 0.29) is 12.7 Å². The highest BCUT2D eigenvalue weighted by molar-refractivity contribution is 6.11. The molecule has 4 rings (SSSR count). The number of anilines is 1. The van der Waals surface area contributed by atoms with Crippen LogP contribution in [0.25, 0.3) is 11.0 Å². The third kappa shape index (κ3) is 2.05. The molecule has 3 aromatic rings. The van der Waals surface area contributed by atoms with E-state index in [0.717, 1.165) is 11.3 Å². The largest absolute Gasteiger partial charge is 0.454 e. The van der Waals surface area contributed by atoms with Crippen LogP contribution in [0.2, 0.25) is 0 Å². The first-order chi connectivity index (χ1) is 10.7. The van der Waals surface area contributed by atoms with E-state index in [0.29, 0.717) is 28.3 Å². The molecule has 110 valence electrons. The highest BCUT2D eigenvalue weighted by atomic mass is 16.7. The third-order valence-corrected chi connectivity index (χ3v) is 3.51. The molecule has 0 bridgehead atoms. The van der Waals surface area contributed by atoms with Gasteiger partial charge in [-0.05, 0) is 31.2 Å². The third-order valence-electron chi connectivity index (χ3n) is 3.51. The number of carbonyl (C=O) groups excluding carboxylic acids is 1. The van der Waals surface area contributed by atoms with Crippen LogP contribution in [0.3, 0.4) is 0 Å². The van der Waals surface area contributed by atoms with Gasteiger partial charge in [0.1, 0.15) is 11.3 Å². The average Bonchev–Trinajstić information content (AvgIpc) is 3.10. The first-order valence-electron chi connectivity index (χ1n) is 6.87. The molecule has 0 radical (unpaired) electrons. The predicted octanol–water partition coefficient (Wildman–Crippen LogP) is 2.85. The van der Waals surface area contributed by atoms with Crippen LogP contribution in [0.4, 0.5) is 5.69 Å². The number of fused-ring (bicyclic) bond motifs is 2. The molecule has 0 aliphatic carbocycles. The summed E-state index contributed by atoms with van der Waals surface area (Å²) in [4.78, 5) is 20.0. The van der Waals surface area contributed by atoms with E-state index in [1.807, 2.05) is 19.1 Å². The van der Waals surface area contributed by atoms with E-state index in [1.165, 1.54) is 0 Å². The van der Waals surface area contributed by atoms with E-state index in [1.54, 1.807) is 24.3 Å². The Labute approximate surface area is 126 Å². The Hall–Kier alpha value is -3.02. The minimum absolute atomic E-state index is 0.207. The van der Waals surface area contributed by atoms with Crippen molar-refractivity contribution in [2.45, 2.75) is 6.92 Å². The van der Waals surface area contributed by atoms with Crippen molar-refractivity contribution in [2.75, 3.05) is 12.1 Å². The first kappa shape index (κ1) is 12.7. The molecular weight excluding hydrogens is 282 g/mol. The van der Waals surface area contributed by atoms with Crippen molar-refractivity contribution in [3.8, 4) is 11.5 Å². The fourth-order valence-corrected chi connectivity index (χ4v) is 2.51. The van der Waals surface area contributed by atoms with Crippen LogP contribution in [0.1, 0.15) is 16.2 Å². The smallest absolute Gasteiger partial charge is 0.257 e. The molecule has 0 unspecified atom stereocenters. The van der Waals surface area contributed by atoms with Gasteiger partial charge in [0.15, 0.2) is 11.5 Å². The first-order valence-corrected chi connectivity index (χ1v) is 6.87. The van der Waals surface area contributed by atoms with Crippen molar-refractivity contribution in [3.63, 3.8) is 0 Å². The number of aromatic amines is 1. The number of nitrogens with zero attached hydrogens (tertiary/aromatic N) is 1. The number of benzene rings is 2. The Bertz CT molecular complexity index is 885. The van der Waals surface area contributed by atoms with Gasteiger partial charge >= 0.3 is 0 Å². The van der Waals surface area contributed by atoms with Crippen LogP contribution in [-0.4, -0.2) is 22.7 Å². The number of para-hydroxylation sites is 1. The molecule has 22 heavy (non-hydrogen) atoms. The quantitative estimate of drug-likeness (QED) is 0.762. The second-order valence-corrected chi connectivity index (χ2v) is 5.05. The molecular formula is C16H13N3O3. The molecule has 2 aromatic carbocycles. The van der Waals surface area contributed by atoms with Gasteiger partial charge in [0.05, 0.1) is 11.1 Å². The number of carbonyl (C=O) groups is 1. The molecule has 1 aliphatic heterocycles. The van der Waals surface area contributed by atoms with Gasteiger partial charge in [-0.15, -0.1) is 0 Å².